The summed E-state index contributed by atoms with van der Waals surface area (Å²) >= 11 is 1.70. The van der Waals surface area contributed by atoms with Crippen LogP contribution in [0.25, 0.3) is 110 Å². The molecule has 0 radical (unpaired) electrons. The predicted molar refractivity (Wildman–Crippen MR) is 230 cm³/mol. The molecule has 0 aliphatic rings. The lowest BCUT2D eigenvalue weighted by Gasteiger charge is -2.10. The van der Waals surface area contributed by atoms with Gasteiger partial charge in [0.1, 0.15) is 17.0 Å². The van der Waals surface area contributed by atoms with Crippen molar-refractivity contribution in [2.24, 2.45) is 0 Å². The summed E-state index contributed by atoms with van der Waals surface area (Å²) in [5.41, 5.74) is 9.66. The molecule has 11 rings (SSSR count). The maximum Gasteiger partial charge on any atom is 0.167 e. The second-order valence-electron chi connectivity index (χ2n) is 13.9. The monoisotopic (exact) mass is 752 g/mol. The van der Waals surface area contributed by atoms with Crippen LogP contribution < -0.4 is 0 Å². The lowest BCUT2D eigenvalue weighted by Crippen LogP contribution is -2.00. The summed E-state index contributed by atoms with van der Waals surface area (Å²) in [6.45, 7) is 0. The Labute approximate surface area is 330 Å². The molecule has 7 aromatic carbocycles. The molecule has 57 heavy (non-hydrogen) atoms. The Morgan fingerprint density at radius 2 is 0.930 bits per heavy atom. The van der Waals surface area contributed by atoms with Gasteiger partial charge in [0.2, 0.25) is 0 Å². The number of aromatic nitrogens is 4. The fourth-order valence-electron chi connectivity index (χ4n) is 7.87. The van der Waals surface area contributed by atoms with Crippen LogP contribution in [0.15, 0.2) is 180 Å². The van der Waals surface area contributed by atoms with Gasteiger partial charge in [-0.2, -0.15) is 0 Å². The number of nitrogens with zero attached hydrogens (tertiary/aromatic N) is 4. The Morgan fingerprint density at radius 1 is 0.404 bits per heavy atom. The van der Waals surface area contributed by atoms with Crippen LogP contribution in [-0.2, 0) is 0 Å². The lowest BCUT2D eigenvalue weighted by atomic mass is 9.97. The molecule has 7 heteroatoms. The molecule has 5 nitrogen and oxygen atoms in total. The summed E-state index contributed by atoms with van der Waals surface area (Å²) < 4.78 is 23.4. The number of thiophene rings is 1. The predicted octanol–water partition coefficient (Wildman–Crippen LogP) is 13.7. The van der Waals surface area contributed by atoms with Gasteiger partial charge in [-0.05, 0) is 35.9 Å². The van der Waals surface area contributed by atoms with E-state index in [-0.39, 0.29) is 5.82 Å². The van der Waals surface area contributed by atoms with Gasteiger partial charge >= 0.3 is 0 Å². The van der Waals surface area contributed by atoms with E-state index in [0.29, 0.717) is 17.5 Å². The third kappa shape index (κ3) is 5.59. The largest absolute Gasteiger partial charge is 0.455 e. The first-order chi connectivity index (χ1) is 28.2. The second kappa shape index (κ2) is 13.4. The van der Waals surface area contributed by atoms with Gasteiger partial charge in [-0.3, -0.25) is 4.98 Å². The SMILES string of the molecule is Fc1cccc(-c2ncccc2-c2cccc3c2sc2c(-c4nc(-c5ccccc5)nc(-c5cccc6c5oc5c(-c7ccccc7)cccc56)n4)cccc23)c1. The van der Waals surface area contributed by atoms with Crippen molar-refractivity contribution in [3.8, 4) is 67.7 Å². The Kier molecular flexibility index (Phi) is 7.79. The second-order valence-corrected chi connectivity index (χ2v) is 14.9. The number of hydrogen-bond donors (Lipinski definition) is 0. The summed E-state index contributed by atoms with van der Waals surface area (Å²) in [6.07, 6.45) is 1.75. The molecule has 0 fully saturated rings. The average molecular weight is 753 g/mol. The average Bonchev–Trinajstić information content (AvgIpc) is 3.86. The van der Waals surface area contributed by atoms with Crippen LogP contribution in [0.5, 0.6) is 0 Å². The van der Waals surface area contributed by atoms with Gasteiger partial charge in [0.25, 0.3) is 0 Å². The highest BCUT2D eigenvalue weighted by molar-refractivity contribution is 7.26. The molecule has 0 aliphatic carbocycles. The fraction of sp³-hybridized carbons (Fsp3) is 0. The highest BCUT2D eigenvalue weighted by Crippen LogP contribution is 2.45. The minimum Gasteiger partial charge on any atom is -0.455 e. The van der Waals surface area contributed by atoms with Gasteiger partial charge in [0.05, 0.1) is 11.3 Å². The number of rotatable bonds is 6. The quantitative estimate of drug-likeness (QED) is 0.169. The van der Waals surface area contributed by atoms with Crippen molar-refractivity contribution in [1.29, 1.82) is 0 Å². The Balaban J connectivity index is 1.13. The van der Waals surface area contributed by atoms with E-state index in [4.69, 9.17) is 24.4 Å². The van der Waals surface area contributed by atoms with E-state index in [0.717, 1.165) is 92.3 Å². The summed E-state index contributed by atoms with van der Waals surface area (Å²) in [4.78, 5) is 20.2. The molecule has 0 amide bonds. The standard InChI is InChI=1S/C50H29FN4OS/c51-33-18-7-17-32(29-33)43-35(27-12-28-52-43)38-22-10-23-39-40-24-11-26-42(47(40)57-46(38)39)50-54-48(31-15-5-2-6-16-31)53-49(55-50)41-25-9-21-37-36-20-8-19-34(44(36)56-45(37)41)30-13-3-1-4-14-30/h1-29H. The van der Waals surface area contributed by atoms with Gasteiger partial charge in [0.15, 0.2) is 17.5 Å². The van der Waals surface area contributed by atoms with Crippen LogP contribution in [0.4, 0.5) is 4.39 Å². The van der Waals surface area contributed by atoms with Crippen LogP contribution in [0.1, 0.15) is 0 Å². The lowest BCUT2D eigenvalue weighted by molar-refractivity contribution is 0.628. The normalized spacial score (nSPS) is 11.6. The summed E-state index contributed by atoms with van der Waals surface area (Å²) in [5.74, 6) is 1.37. The number of halogens is 1. The smallest absolute Gasteiger partial charge is 0.167 e. The number of pyridine rings is 1. The molecular weight excluding hydrogens is 724 g/mol. The van der Waals surface area contributed by atoms with Crippen molar-refractivity contribution in [1.82, 2.24) is 19.9 Å². The van der Waals surface area contributed by atoms with Crippen molar-refractivity contribution < 1.29 is 8.81 Å². The molecule has 0 unspecified atom stereocenters. The number of para-hydroxylation sites is 2. The molecule has 0 aliphatic heterocycles. The molecule has 11 aromatic rings. The minimum atomic E-state index is -0.297. The Hall–Kier alpha value is -7.35. The van der Waals surface area contributed by atoms with Crippen molar-refractivity contribution in [3.05, 3.63) is 182 Å². The maximum absolute atomic E-state index is 14.4. The van der Waals surface area contributed by atoms with E-state index in [9.17, 15) is 4.39 Å². The molecule has 0 atom stereocenters. The van der Waals surface area contributed by atoms with Crippen molar-refractivity contribution in [3.63, 3.8) is 0 Å². The summed E-state index contributed by atoms with van der Waals surface area (Å²) in [6, 6.07) is 56.0. The zero-order valence-electron chi connectivity index (χ0n) is 30.2. The molecular formula is C50H29FN4OS. The maximum atomic E-state index is 14.4. The van der Waals surface area contributed by atoms with Crippen LogP contribution in [0, 0.1) is 5.82 Å². The first-order valence-corrected chi connectivity index (χ1v) is 19.5. The third-order valence-electron chi connectivity index (χ3n) is 10.5. The number of fused-ring (bicyclic) bond motifs is 6. The topological polar surface area (TPSA) is 64.7 Å². The number of furan rings is 1. The Morgan fingerprint density at radius 3 is 1.65 bits per heavy atom. The van der Waals surface area contributed by atoms with Crippen molar-refractivity contribution >= 4 is 53.4 Å². The first kappa shape index (κ1) is 33.0. The van der Waals surface area contributed by atoms with Gasteiger partial charge in [-0.15, -0.1) is 11.3 Å². The van der Waals surface area contributed by atoms with Crippen LogP contribution in [0.3, 0.4) is 0 Å². The number of benzene rings is 7. The zero-order chi connectivity index (χ0) is 37.9. The third-order valence-corrected chi connectivity index (χ3v) is 11.8. The van der Waals surface area contributed by atoms with Crippen molar-refractivity contribution in [2.45, 2.75) is 0 Å². The molecule has 4 heterocycles. The van der Waals surface area contributed by atoms with E-state index < -0.39 is 0 Å². The van der Waals surface area contributed by atoms with E-state index >= 15 is 0 Å². The molecule has 0 spiro atoms. The zero-order valence-corrected chi connectivity index (χ0v) is 31.0. The van der Waals surface area contributed by atoms with Crippen LogP contribution >= 0.6 is 11.3 Å². The van der Waals surface area contributed by atoms with Crippen molar-refractivity contribution in [2.75, 3.05) is 0 Å². The summed E-state index contributed by atoms with van der Waals surface area (Å²) in [5, 5.41) is 4.24. The molecule has 0 N–H and O–H groups in total. The molecule has 0 saturated carbocycles. The molecule has 0 bridgehead atoms. The molecule has 268 valence electrons. The number of hydrogen-bond acceptors (Lipinski definition) is 6. The fourth-order valence-corrected chi connectivity index (χ4v) is 9.21. The van der Waals surface area contributed by atoms with Gasteiger partial charge in [-0.1, -0.05) is 140 Å². The van der Waals surface area contributed by atoms with Crippen LogP contribution in [-0.4, -0.2) is 19.9 Å². The van der Waals surface area contributed by atoms with E-state index in [1.807, 2.05) is 72.8 Å². The van der Waals surface area contributed by atoms with E-state index in [2.05, 4.69) is 78.9 Å². The van der Waals surface area contributed by atoms with Gasteiger partial charge < -0.3 is 4.42 Å². The highest BCUT2D eigenvalue weighted by Gasteiger charge is 2.22. The van der Waals surface area contributed by atoms with Gasteiger partial charge in [0, 0.05) is 70.5 Å². The Bertz CT molecular complexity index is 3320. The first-order valence-electron chi connectivity index (χ1n) is 18.7. The summed E-state index contributed by atoms with van der Waals surface area (Å²) in [7, 11) is 0. The molecule has 0 saturated heterocycles. The van der Waals surface area contributed by atoms with E-state index in [1.165, 1.54) is 12.1 Å². The van der Waals surface area contributed by atoms with Gasteiger partial charge in [-0.25, -0.2) is 19.3 Å². The van der Waals surface area contributed by atoms with E-state index in [1.54, 1.807) is 23.6 Å². The molecule has 4 aromatic heterocycles. The van der Waals surface area contributed by atoms with Crippen LogP contribution in [0.2, 0.25) is 0 Å². The minimum absolute atomic E-state index is 0.297. The highest BCUT2D eigenvalue weighted by atomic mass is 32.1.